The molecule has 17 heavy (non-hydrogen) atoms. The molecule has 0 aliphatic heterocycles. The highest BCUT2D eigenvalue weighted by Crippen LogP contribution is 2.11. The topological polar surface area (TPSA) is 63.8 Å². The predicted octanol–water partition coefficient (Wildman–Crippen LogP) is 1.86. The van der Waals surface area contributed by atoms with Crippen molar-refractivity contribution < 1.29 is 0 Å². The molecule has 3 N–H and O–H groups in total. The number of nitrogens with zero attached hydrogens (tertiary/aromatic N) is 2. The van der Waals surface area contributed by atoms with Crippen molar-refractivity contribution in [1.82, 2.24) is 10.2 Å². The highest BCUT2D eigenvalue weighted by molar-refractivity contribution is 5.38. The van der Waals surface area contributed by atoms with Gasteiger partial charge in [0.1, 0.15) is 5.82 Å². The molecule has 1 aromatic heterocycles. The summed E-state index contributed by atoms with van der Waals surface area (Å²) in [6.07, 6.45) is 1.74. The second-order valence-electron chi connectivity index (χ2n) is 3.94. The van der Waals surface area contributed by atoms with E-state index in [0.717, 1.165) is 16.9 Å². The standard InChI is InChI=1S/C13H16N4/c1-10-6-13(17-16-8-10)15-9-12-5-3-2-4-11(12)7-14/h2-6,8H,7,9,14H2,1H3,(H,15,17). The van der Waals surface area contributed by atoms with E-state index >= 15 is 0 Å². The van der Waals surface area contributed by atoms with Gasteiger partial charge in [-0.15, -0.1) is 5.10 Å². The molecule has 0 saturated carbocycles. The van der Waals surface area contributed by atoms with E-state index in [-0.39, 0.29) is 0 Å². The normalized spacial score (nSPS) is 10.2. The van der Waals surface area contributed by atoms with Gasteiger partial charge >= 0.3 is 0 Å². The van der Waals surface area contributed by atoms with Crippen LogP contribution in [0.4, 0.5) is 5.82 Å². The Morgan fingerprint density at radius 2 is 2.00 bits per heavy atom. The van der Waals surface area contributed by atoms with Crippen molar-refractivity contribution >= 4 is 5.82 Å². The number of hydrogen-bond acceptors (Lipinski definition) is 4. The predicted molar refractivity (Wildman–Crippen MR) is 68.4 cm³/mol. The van der Waals surface area contributed by atoms with Gasteiger partial charge in [0, 0.05) is 13.1 Å². The molecule has 2 rings (SSSR count). The van der Waals surface area contributed by atoms with Crippen LogP contribution in [0.3, 0.4) is 0 Å². The number of benzene rings is 1. The highest BCUT2D eigenvalue weighted by Gasteiger charge is 2.00. The summed E-state index contributed by atoms with van der Waals surface area (Å²) < 4.78 is 0. The van der Waals surface area contributed by atoms with Gasteiger partial charge in [0.25, 0.3) is 0 Å². The minimum absolute atomic E-state index is 0.553. The van der Waals surface area contributed by atoms with Crippen LogP contribution in [0.5, 0.6) is 0 Å². The van der Waals surface area contributed by atoms with Gasteiger partial charge in [-0.3, -0.25) is 0 Å². The van der Waals surface area contributed by atoms with E-state index in [9.17, 15) is 0 Å². The minimum atomic E-state index is 0.553. The Hall–Kier alpha value is -1.94. The molecular weight excluding hydrogens is 212 g/mol. The van der Waals surface area contributed by atoms with Gasteiger partial charge < -0.3 is 11.1 Å². The van der Waals surface area contributed by atoms with E-state index in [0.29, 0.717) is 13.1 Å². The Morgan fingerprint density at radius 1 is 1.24 bits per heavy atom. The second-order valence-corrected chi connectivity index (χ2v) is 3.94. The summed E-state index contributed by atoms with van der Waals surface area (Å²) in [5, 5.41) is 11.2. The molecule has 1 aromatic carbocycles. The first-order valence-electron chi connectivity index (χ1n) is 5.59. The van der Waals surface area contributed by atoms with Crippen molar-refractivity contribution in [1.29, 1.82) is 0 Å². The van der Waals surface area contributed by atoms with Gasteiger partial charge in [-0.05, 0) is 29.7 Å². The molecule has 0 bridgehead atoms. The zero-order chi connectivity index (χ0) is 12.1. The maximum atomic E-state index is 5.69. The number of hydrogen-bond donors (Lipinski definition) is 2. The van der Waals surface area contributed by atoms with Crippen LogP contribution in [0.15, 0.2) is 36.5 Å². The van der Waals surface area contributed by atoms with Crippen LogP contribution in [0.1, 0.15) is 16.7 Å². The molecule has 1 heterocycles. The van der Waals surface area contributed by atoms with Gasteiger partial charge in [0.2, 0.25) is 0 Å². The monoisotopic (exact) mass is 228 g/mol. The van der Waals surface area contributed by atoms with Crippen LogP contribution >= 0.6 is 0 Å². The maximum Gasteiger partial charge on any atom is 0.149 e. The summed E-state index contributed by atoms with van der Waals surface area (Å²) in [4.78, 5) is 0. The molecule has 4 heteroatoms. The molecule has 4 nitrogen and oxygen atoms in total. The van der Waals surface area contributed by atoms with Crippen LogP contribution in [0.2, 0.25) is 0 Å². The molecule has 0 aliphatic carbocycles. The molecule has 0 spiro atoms. The lowest BCUT2D eigenvalue weighted by molar-refractivity contribution is 0.967. The van der Waals surface area contributed by atoms with Gasteiger partial charge in [-0.2, -0.15) is 5.10 Å². The molecule has 0 aliphatic rings. The first-order chi connectivity index (χ1) is 8.29. The van der Waals surface area contributed by atoms with E-state index in [4.69, 9.17) is 5.73 Å². The molecule has 0 unspecified atom stereocenters. The fraction of sp³-hybridized carbons (Fsp3) is 0.231. The number of aromatic nitrogens is 2. The Kier molecular flexibility index (Phi) is 3.67. The summed E-state index contributed by atoms with van der Waals surface area (Å²) in [5.74, 6) is 0.789. The summed E-state index contributed by atoms with van der Waals surface area (Å²) in [6, 6.07) is 10.1. The fourth-order valence-electron chi connectivity index (χ4n) is 1.67. The fourth-order valence-corrected chi connectivity index (χ4v) is 1.67. The molecule has 2 aromatic rings. The number of anilines is 1. The molecule has 0 fully saturated rings. The van der Waals surface area contributed by atoms with Crippen molar-refractivity contribution in [2.24, 2.45) is 5.73 Å². The third-order valence-electron chi connectivity index (χ3n) is 2.59. The van der Waals surface area contributed by atoms with Gasteiger partial charge in [0.15, 0.2) is 0 Å². The summed E-state index contributed by atoms with van der Waals surface area (Å²) >= 11 is 0. The van der Waals surface area contributed by atoms with Crippen molar-refractivity contribution in [3.63, 3.8) is 0 Å². The average molecular weight is 228 g/mol. The van der Waals surface area contributed by atoms with E-state index in [1.54, 1.807) is 6.20 Å². The van der Waals surface area contributed by atoms with Gasteiger partial charge in [-0.25, -0.2) is 0 Å². The Morgan fingerprint density at radius 3 is 2.71 bits per heavy atom. The van der Waals surface area contributed by atoms with E-state index < -0.39 is 0 Å². The molecule has 0 atom stereocenters. The van der Waals surface area contributed by atoms with Crippen LogP contribution in [-0.2, 0) is 13.1 Å². The summed E-state index contributed by atoms with van der Waals surface area (Å²) in [7, 11) is 0. The van der Waals surface area contributed by atoms with Crippen LogP contribution < -0.4 is 11.1 Å². The molecule has 0 saturated heterocycles. The molecular formula is C13H16N4. The lowest BCUT2D eigenvalue weighted by Gasteiger charge is -2.09. The Labute approximate surface area is 101 Å². The first-order valence-corrected chi connectivity index (χ1v) is 5.59. The van der Waals surface area contributed by atoms with Crippen LogP contribution in [-0.4, -0.2) is 10.2 Å². The van der Waals surface area contributed by atoms with Crippen LogP contribution in [0.25, 0.3) is 0 Å². The first kappa shape index (κ1) is 11.5. The third-order valence-corrected chi connectivity index (χ3v) is 2.59. The summed E-state index contributed by atoms with van der Waals surface area (Å²) in [5.41, 5.74) is 9.13. The van der Waals surface area contributed by atoms with Crippen molar-refractivity contribution in [3.05, 3.63) is 53.2 Å². The van der Waals surface area contributed by atoms with Crippen molar-refractivity contribution in [2.75, 3.05) is 5.32 Å². The Bertz CT molecular complexity index is 496. The molecule has 88 valence electrons. The van der Waals surface area contributed by atoms with Gasteiger partial charge in [-0.1, -0.05) is 24.3 Å². The number of aryl methyl sites for hydroxylation is 1. The highest BCUT2D eigenvalue weighted by atomic mass is 15.2. The third kappa shape index (κ3) is 3.01. The number of nitrogens with one attached hydrogen (secondary N) is 1. The quantitative estimate of drug-likeness (QED) is 0.838. The average Bonchev–Trinajstić information content (AvgIpc) is 2.37. The molecule has 0 radical (unpaired) electrons. The number of rotatable bonds is 4. The zero-order valence-electron chi connectivity index (χ0n) is 9.85. The van der Waals surface area contributed by atoms with Crippen molar-refractivity contribution in [3.8, 4) is 0 Å². The SMILES string of the molecule is Cc1cnnc(NCc2ccccc2CN)c1. The van der Waals surface area contributed by atoms with E-state index in [1.807, 2.05) is 31.2 Å². The van der Waals surface area contributed by atoms with E-state index in [2.05, 4.69) is 21.6 Å². The largest absolute Gasteiger partial charge is 0.364 e. The smallest absolute Gasteiger partial charge is 0.149 e. The minimum Gasteiger partial charge on any atom is -0.364 e. The Balaban J connectivity index is 2.07. The lowest BCUT2D eigenvalue weighted by atomic mass is 10.1. The van der Waals surface area contributed by atoms with E-state index in [1.165, 1.54) is 5.56 Å². The van der Waals surface area contributed by atoms with Crippen LogP contribution in [0, 0.1) is 6.92 Å². The number of nitrogens with two attached hydrogens (primary N) is 1. The zero-order valence-corrected chi connectivity index (χ0v) is 9.85. The van der Waals surface area contributed by atoms with Crippen molar-refractivity contribution in [2.45, 2.75) is 20.0 Å². The lowest BCUT2D eigenvalue weighted by Crippen LogP contribution is -2.07. The second kappa shape index (κ2) is 5.41. The van der Waals surface area contributed by atoms with Gasteiger partial charge in [0.05, 0.1) is 6.20 Å². The summed E-state index contributed by atoms with van der Waals surface area (Å²) in [6.45, 7) is 3.26. The maximum absolute atomic E-state index is 5.69. The molecule has 0 amide bonds.